The molecule has 18 heavy (non-hydrogen) atoms. The fourth-order valence-corrected chi connectivity index (χ4v) is 1.58. The Kier molecular flexibility index (Phi) is 5.09. The lowest BCUT2D eigenvalue weighted by atomic mass is 10.1. The predicted molar refractivity (Wildman–Crippen MR) is 64.2 cm³/mol. The summed E-state index contributed by atoms with van der Waals surface area (Å²) in [5.74, 6) is 0.731. The average molecular weight is 310 g/mol. The van der Waals surface area contributed by atoms with Crippen LogP contribution < -0.4 is 21.7 Å². The second-order valence-corrected chi connectivity index (χ2v) is 3.79. The average Bonchev–Trinajstić information content (AvgIpc) is 2.75. The summed E-state index contributed by atoms with van der Waals surface area (Å²) < 4.78 is 5.09. The zero-order valence-corrected chi connectivity index (χ0v) is 11.8. The topological polar surface area (TPSA) is 32.8 Å². The summed E-state index contributed by atoms with van der Waals surface area (Å²) in [6, 6.07) is 7.16. The van der Waals surface area contributed by atoms with Crippen LogP contribution in [0.2, 0.25) is 0 Å². The second kappa shape index (κ2) is 6.35. The lowest BCUT2D eigenvalue weighted by Gasteiger charge is -2.04. The van der Waals surface area contributed by atoms with Gasteiger partial charge in [-0.15, -0.1) is 9.80 Å². The minimum atomic E-state index is 0. The molecule has 0 aliphatic carbocycles. The third kappa shape index (κ3) is 3.43. The molecule has 2 rings (SSSR count). The number of Topliss-reactive ketones (excluding diaryl/α,β-unsaturated/α-hetero) is 1. The number of ether oxygens (including phenoxy) is 1. The summed E-state index contributed by atoms with van der Waals surface area (Å²) in [5, 5.41) is 0. The van der Waals surface area contributed by atoms with E-state index in [4.69, 9.17) is 4.74 Å². The third-order valence-corrected chi connectivity index (χ3v) is 2.46. The van der Waals surface area contributed by atoms with Gasteiger partial charge in [0.15, 0.2) is 5.78 Å². The zero-order chi connectivity index (χ0) is 12.3. The Labute approximate surface area is 118 Å². The van der Waals surface area contributed by atoms with Crippen LogP contribution >= 0.6 is 0 Å². The smallest absolute Gasteiger partial charge is 0.564 e. The molecule has 0 fully saturated rings. The number of rotatable bonds is 4. The van der Waals surface area contributed by atoms with E-state index in [9.17, 15) is 4.79 Å². The molecule has 1 aromatic rings. The van der Waals surface area contributed by atoms with Gasteiger partial charge >= 0.3 is 6.67 Å². The molecule has 0 aromatic heterocycles. The summed E-state index contributed by atoms with van der Waals surface area (Å²) in [6.45, 7) is 3.27. The van der Waals surface area contributed by atoms with Gasteiger partial charge in [-0.3, -0.25) is 4.79 Å². The van der Waals surface area contributed by atoms with E-state index in [0.717, 1.165) is 0 Å². The number of nitrogens with zero attached hydrogens (tertiary/aromatic N) is 2. The van der Waals surface area contributed by atoms with E-state index in [1.54, 1.807) is 29.0 Å². The van der Waals surface area contributed by atoms with Gasteiger partial charge in [0.25, 0.3) is 0 Å². The van der Waals surface area contributed by atoms with Crippen molar-refractivity contribution >= 4 is 5.78 Å². The molecule has 0 saturated carbocycles. The molecule has 1 heterocycles. The van der Waals surface area contributed by atoms with Crippen LogP contribution in [0.15, 0.2) is 36.7 Å². The monoisotopic (exact) mass is 309 g/mol. The molecular formula is C13H14BrN2O2. The molecule has 4 nitrogen and oxygen atoms in total. The Hall–Kier alpha value is -1.62. The van der Waals surface area contributed by atoms with E-state index in [1.807, 2.05) is 31.6 Å². The van der Waals surface area contributed by atoms with Crippen LogP contribution in [0.3, 0.4) is 0 Å². The molecule has 95 valence electrons. The molecular weight excluding hydrogens is 296 g/mol. The number of hydrogen-bond donors (Lipinski definition) is 0. The summed E-state index contributed by atoms with van der Waals surface area (Å²) in [4.78, 5) is 15.5. The van der Waals surface area contributed by atoms with Gasteiger partial charge in [-0.05, 0) is 12.1 Å². The van der Waals surface area contributed by atoms with Crippen molar-refractivity contribution in [2.24, 2.45) is 0 Å². The Morgan fingerprint density at radius 1 is 1.39 bits per heavy atom. The summed E-state index contributed by atoms with van der Waals surface area (Å²) >= 11 is 0. The zero-order valence-electron chi connectivity index (χ0n) is 10.3. The van der Waals surface area contributed by atoms with Gasteiger partial charge in [-0.1, -0.05) is 12.1 Å². The number of benzene rings is 1. The fraction of sp³-hybridized carbons (Fsp3) is 0.231. The first-order valence-corrected chi connectivity index (χ1v) is 5.30. The fourth-order valence-electron chi connectivity index (χ4n) is 1.58. The van der Waals surface area contributed by atoms with Crippen molar-refractivity contribution in [1.82, 2.24) is 9.80 Å². The van der Waals surface area contributed by atoms with Crippen molar-refractivity contribution < 1.29 is 26.5 Å². The molecule has 1 radical (unpaired) electrons. The van der Waals surface area contributed by atoms with E-state index in [-0.39, 0.29) is 29.3 Å². The molecule has 1 aliphatic heterocycles. The minimum absolute atomic E-state index is 0. The van der Waals surface area contributed by atoms with E-state index in [0.29, 0.717) is 11.3 Å². The number of methoxy groups -OCH3 is 1. The molecule has 0 saturated heterocycles. The van der Waals surface area contributed by atoms with Gasteiger partial charge in [0, 0.05) is 5.56 Å². The number of hydrogen-bond acceptors (Lipinski definition) is 4. The van der Waals surface area contributed by atoms with Crippen LogP contribution in [0, 0.1) is 6.67 Å². The molecule has 0 atom stereocenters. The lowest BCUT2D eigenvalue weighted by Crippen LogP contribution is -3.00. The lowest BCUT2D eigenvalue weighted by molar-refractivity contribution is -0.0000117. The SMILES string of the molecule is COc1cccc(C(=O)CN2[C+]N(C)C=C2)c1.[Br-]. The van der Waals surface area contributed by atoms with Crippen LogP contribution in [-0.4, -0.2) is 36.3 Å². The predicted octanol–water partition coefficient (Wildman–Crippen LogP) is -1.40. The second-order valence-electron chi connectivity index (χ2n) is 3.79. The van der Waals surface area contributed by atoms with Crippen molar-refractivity contribution in [3.63, 3.8) is 0 Å². The number of carbonyl (C=O) groups excluding carboxylic acids is 1. The van der Waals surface area contributed by atoms with Crippen molar-refractivity contribution in [2.75, 3.05) is 20.7 Å². The Morgan fingerprint density at radius 3 is 2.78 bits per heavy atom. The van der Waals surface area contributed by atoms with Crippen LogP contribution in [0.25, 0.3) is 0 Å². The van der Waals surface area contributed by atoms with E-state index in [1.165, 1.54) is 0 Å². The molecule has 0 bridgehead atoms. The van der Waals surface area contributed by atoms with E-state index < -0.39 is 0 Å². The van der Waals surface area contributed by atoms with Crippen LogP contribution in [-0.2, 0) is 0 Å². The minimum Gasteiger partial charge on any atom is -1.00 e. The van der Waals surface area contributed by atoms with Crippen molar-refractivity contribution in [3.8, 4) is 5.75 Å². The van der Waals surface area contributed by atoms with Gasteiger partial charge in [-0.2, -0.15) is 0 Å². The van der Waals surface area contributed by atoms with Gasteiger partial charge in [0.1, 0.15) is 12.3 Å². The highest BCUT2D eigenvalue weighted by Crippen LogP contribution is 2.15. The maximum absolute atomic E-state index is 12.0. The van der Waals surface area contributed by atoms with Crippen LogP contribution in [0.1, 0.15) is 10.4 Å². The first kappa shape index (κ1) is 14.4. The number of halogens is 1. The van der Waals surface area contributed by atoms with E-state index >= 15 is 0 Å². The molecule has 5 heteroatoms. The maximum atomic E-state index is 12.0. The van der Waals surface area contributed by atoms with Crippen molar-refractivity contribution in [1.29, 1.82) is 0 Å². The quantitative estimate of drug-likeness (QED) is 0.506. The normalized spacial score (nSPS) is 13.0. The molecule has 1 aliphatic rings. The molecule has 0 N–H and O–H groups in total. The Balaban J connectivity index is 0.00000162. The number of ketones is 1. The highest BCUT2D eigenvalue weighted by molar-refractivity contribution is 5.98. The van der Waals surface area contributed by atoms with Crippen LogP contribution in [0.4, 0.5) is 0 Å². The maximum Gasteiger partial charge on any atom is 0.564 e. The first-order chi connectivity index (χ1) is 8.19. The molecule has 0 spiro atoms. The summed E-state index contributed by atoms with van der Waals surface area (Å²) in [5.41, 5.74) is 0.647. The van der Waals surface area contributed by atoms with Gasteiger partial charge in [-0.25, -0.2) is 0 Å². The number of carbonyl (C=O) groups is 1. The highest BCUT2D eigenvalue weighted by atomic mass is 79.9. The van der Waals surface area contributed by atoms with Gasteiger partial charge in [0.2, 0.25) is 0 Å². The highest BCUT2D eigenvalue weighted by Gasteiger charge is 2.29. The first-order valence-electron chi connectivity index (χ1n) is 5.30. The third-order valence-electron chi connectivity index (χ3n) is 2.46. The summed E-state index contributed by atoms with van der Waals surface area (Å²) in [6.07, 6.45) is 3.66. The summed E-state index contributed by atoms with van der Waals surface area (Å²) in [7, 11) is 3.45. The van der Waals surface area contributed by atoms with Gasteiger partial charge < -0.3 is 21.7 Å². The molecule has 0 amide bonds. The van der Waals surface area contributed by atoms with Crippen LogP contribution in [0.5, 0.6) is 5.75 Å². The molecule has 0 unspecified atom stereocenters. The largest absolute Gasteiger partial charge is 1.00 e. The van der Waals surface area contributed by atoms with Gasteiger partial charge in [0.05, 0.1) is 26.6 Å². The Morgan fingerprint density at radius 2 is 2.17 bits per heavy atom. The molecule has 1 aromatic carbocycles. The van der Waals surface area contributed by atoms with E-state index in [2.05, 4.69) is 6.67 Å². The van der Waals surface area contributed by atoms with Crippen molar-refractivity contribution in [2.45, 2.75) is 0 Å². The Bertz CT molecular complexity index is 448. The van der Waals surface area contributed by atoms with Crippen molar-refractivity contribution in [3.05, 3.63) is 48.9 Å². The standard InChI is InChI=1S/C13H14N2O2.BrH/c1-14-6-7-15(10-14)9-13(16)11-4-3-5-12(8-11)17-2;/h3-8H,9H2,1-2H3;1H/q+1;/p-1.